The molecule has 0 aliphatic carbocycles. The Bertz CT molecular complexity index is 1390. The Morgan fingerprint density at radius 2 is 1.79 bits per heavy atom. The molecule has 0 bridgehead atoms. The summed E-state index contributed by atoms with van der Waals surface area (Å²) in [4.78, 5) is 2.20. The first kappa shape index (κ1) is 21.2. The van der Waals surface area contributed by atoms with Gasteiger partial charge in [-0.05, 0) is 72.0 Å². The third-order valence-corrected chi connectivity index (χ3v) is 7.95. The van der Waals surface area contributed by atoms with Gasteiger partial charge in [0.25, 0.3) is 0 Å². The number of methoxy groups -OCH3 is 1. The number of benzene rings is 3. The molecule has 7 nitrogen and oxygen atoms in total. The predicted octanol–water partition coefficient (Wildman–Crippen LogP) is 3.99. The van der Waals surface area contributed by atoms with Gasteiger partial charge in [-0.1, -0.05) is 6.07 Å². The maximum atomic E-state index is 13.3. The minimum atomic E-state index is -4.18. The summed E-state index contributed by atoms with van der Waals surface area (Å²) in [7, 11) is -2.70. The molecule has 176 valence electrons. The van der Waals surface area contributed by atoms with Gasteiger partial charge in [0.05, 0.1) is 7.11 Å². The number of nitrogens with zero attached hydrogens (tertiary/aromatic N) is 1. The highest BCUT2D eigenvalue weighted by Crippen LogP contribution is 2.47. The number of hydrogen-bond acceptors (Lipinski definition) is 7. The highest BCUT2D eigenvalue weighted by atomic mass is 32.2. The second kappa shape index (κ2) is 7.89. The van der Waals surface area contributed by atoms with Crippen molar-refractivity contribution in [3.8, 4) is 23.0 Å². The van der Waals surface area contributed by atoms with Crippen LogP contribution < -0.4 is 18.4 Å². The van der Waals surface area contributed by atoms with E-state index in [-0.39, 0.29) is 23.5 Å². The Morgan fingerprint density at radius 3 is 2.56 bits per heavy atom. The number of halogens is 1. The summed E-state index contributed by atoms with van der Waals surface area (Å²) in [6.45, 7) is 1.57. The Kier molecular flexibility index (Phi) is 4.93. The van der Waals surface area contributed by atoms with E-state index >= 15 is 0 Å². The van der Waals surface area contributed by atoms with Gasteiger partial charge in [0.1, 0.15) is 10.7 Å². The van der Waals surface area contributed by atoms with Crippen LogP contribution in [0.15, 0.2) is 53.4 Å². The molecular weight excluding hydrogens is 461 g/mol. The number of ether oxygens (including phenoxy) is 3. The number of rotatable bonds is 4. The van der Waals surface area contributed by atoms with Crippen molar-refractivity contribution in [3.63, 3.8) is 0 Å². The zero-order valence-electron chi connectivity index (χ0n) is 18.4. The van der Waals surface area contributed by atoms with Gasteiger partial charge < -0.3 is 18.4 Å². The highest BCUT2D eigenvalue weighted by Gasteiger charge is 2.36. The maximum absolute atomic E-state index is 13.3. The van der Waals surface area contributed by atoms with Gasteiger partial charge in [0.15, 0.2) is 23.0 Å². The van der Waals surface area contributed by atoms with E-state index in [0.717, 1.165) is 47.7 Å². The lowest BCUT2D eigenvalue weighted by molar-refractivity contribution is 0.159. The second-order valence-corrected chi connectivity index (χ2v) is 10.1. The summed E-state index contributed by atoms with van der Waals surface area (Å²) < 4.78 is 61.5. The molecule has 0 radical (unpaired) electrons. The molecule has 0 fully saturated rings. The van der Waals surface area contributed by atoms with Crippen LogP contribution in [0.3, 0.4) is 0 Å². The van der Waals surface area contributed by atoms with E-state index in [4.69, 9.17) is 18.4 Å². The van der Waals surface area contributed by atoms with Crippen LogP contribution in [0.1, 0.15) is 28.3 Å². The van der Waals surface area contributed by atoms with Crippen molar-refractivity contribution in [1.29, 1.82) is 0 Å². The van der Waals surface area contributed by atoms with E-state index in [9.17, 15) is 12.8 Å². The highest BCUT2D eigenvalue weighted by molar-refractivity contribution is 7.87. The first-order valence-electron chi connectivity index (χ1n) is 11.0. The normalized spacial score (nSPS) is 18.6. The minimum Gasteiger partial charge on any atom is -0.493 e. The molecule has 3 heterocycles. The van der Waals surface area contributed by atoms with Gasteiger partial charge in [-0.3, -0.25) is 4.90 Å². The Balaban J connectivity index is 1.38. The largest absolute Gasteiger partial charge is 0.493 e. The summed E-state index contributed by atoms with van der Waals surface area (Å²) in [5.74, 6) is 1.54. The summed E-state index contributed by atoms with van der Waals surface area (Å²) in [6.07, 6.45) is 1.55. The predicted molar refractivity (Wildman–Crippen MR) is 120 cm³/mol. The van der Waals surface area contributed by atoms with Gasteiger partial charge in [-0.15, -0.1) is 0 Å². The second-order valence-electron chi connectivity index (χ2n) is 8.57. The SMILES string of the molecule is COc1ccc2c(c1OS(=O)(=O)c1ccc(F)cc1)CN1CCc3cc4c(cc3C1C2)OCO4. The molecular formula is C25H22FNO6S. The van der Waals surface area contributed by atoms with Crippen molar-refractivity contribution in [2.45, 2.75) is 30.3 Å². The van der Waals surface area contributed by atoms with Gasteiger partial charge >= 0.3 is 10.1 Å². The zero-order valence-corrected chi connectivity index (χ0v) is 19.2. The molecule has 0 saturated heterocycles. The summed E-state index contributed by atoms with van der Waals surface area (Å²) >= 11 is 0. The van der Waals surface area contributed by atoms with Crippen molar-refractivity contribution < 1.29 is 31.2 Å². The molecule has 0 amide bonds. The fraction of sp³-hybridized carbons (Fsp3) is 0.280. The van der Waals surface area contributed by atoms with Crippen molar-refractivity contribution in [2.24, 2.45) is 0 Å². The molecule has 0 saturated carbocycles. The minimum absolute atomic E-state index is 0.120. The lowest BCUT2D eigenvalue weighted by Gasteiger charge is -2.41. The fourth-order valence-electron chi connectivity index (χ4n) is 5.01. The van der Waals surface area contributed by atoms with Crippen LogP contribution in [0.5, 0.6) is 23.0 Å². The monoisotopic (exact) mass is 483 g/mol. The summed E-state index contributed by atoms with van der Waals surface area (Å²) in [5, 5.41) is 0. The van der Waals surface area contributed by atoms with Crippen molar-refractivity contribution >= 4 is 10.1 Å². The molecule has 3 aliphatic rings. The van der Waals surface area contributed by atoms with Crippen LogP contribution >= 0.6 is 0 Å². The van der Waals surface area contributed by atoms with Crippen molar-refractivity contribution in [2.75, 3.05) is 20.4 Å². The molecule has 0 aromatic heterocycles. The molecule has 3 aliphatic heterocycles. The van der Waals surface area contributed by atoms with Gasteiger partial charge in [-0.25, -0.2) is 4.39 Å². The van der Waals surface area contributed by atoms with E-state index in [2.05, 4.69) is 17.0 Å². The molecule has 0 spiro atoms. The van der Waals surface area contributed by atoms with Crippen LogP contribution in [0.2, 0.25) is 0 Å². The van der Waals surface area contributed by atoms with E-state index < -0.39 is 15.9 Å². The van der Waals surface area contributed by atoms with E-state index in [1.165, 1.54) is 30.4 Å². The van der Waals surface area contributed by atoms with Crippen molar-refractivity contribution in [3.05, 3.63) is 76.6 Å². The lowest BCUT2D eigenvalue weighted by Crippen LogP contribution is -2.39. The average Bonchev–Trinajstić information content (AvgIpc) is 3.29. The maximum Gasteiger partial charge on any atom is 0.339 e. The fourth-order valence-corrected chi connectivity index (χ4v) is 5.97. The molecule has 34 heavy (non-hydrogen) atoms. The van der Waals surface area contributed by atoms with Gasteiger partial charge in [0, 0.05) is 24.7 Å². The van der Waals surface area contributed by atoms with Gasteiger partial charge in [0.2, 0.25) is 6.79 Å². The lowest BCUT2D eigenvalue weighted by atomic mass is 9.83. The standard InChI is InChI=1S/C25H22FNO6S/c1-30-22-7-2-15-10-21-19-12-24-23(31-14-32-24)11-16(19)8-9-27(21)13-20(15)25(22)33-34(28,29)18-5-3-17(26)4-6-18/h2-7,11-12,21H,8-10,13-14H2,1H3. The quantitative estimate of drug-likeness (QED) is 0.520. The topological polar surface area (TPSA) is 74.3 Å². The molecule has 1 unspecified atom stereocenters. The number of hydrogen-bond donors (Lipinski definition) is 0. The van der Waals surface area contributed by atoms with Crippen LogP contribution in [-0.2, 0) is 29.5 Å². The Hall–Kier alpha value is -3.30. The smallest absolute Gasteiger partial charge is 0.339 e. The van der Waals surface area contributed by atoms with Crippen LogP contribution in [0.25, 0.3) is 0 Å². The summed E-state index contributed by atoms with van der Waals surface area (Å²) in [6, 6.07) is 12.5. The Morgan fingerprint density at radius 1 is 1.03 bits per heavy atom. The molecule has 9 heteroatoms. The first-order chi connectivity index (χ1) is 16.4. The molecule has 0 N–H and O–H groups in total. The molecule has 1 atom stereocenters. The zero-order chi connectivity index (χ0) is 23.4. The van der Waals surface area contributed by atoms with E-state index in [1.54, 1.807) is 6.07 Å². The van der Waals surface area contributed by atoms with Crippen molar-refractivity contribution in [1.82, 2.24) is 4.90 Å². The third-order valence-electron chi connectivity index (χ3n) is 6.71. The van der Waals surface area contributed by atoms with Gasteiger partial charge in [-0.2, -0.15) is 8.42 Å². The first-order valence-corrected chi connectivity index (χ1v) is 12.4. The molecule has 6 rings (SSSR count). The molecule has 3 aromatic carbocycles. The van der Waals surface area contributed by atoms with E-state index in [1.807, 2.05) is 6.07 Å². The third kappa shape index (κ3) is 3.47. The van der Waals surface area contributed by atoms with Crippen LogP contribution in [0.4, 0.5) is 4.39 Å². The Labute approximate surface area is 196 Å². The summed E-state index contributed by atoms with van der Waals surface area (Å²) in [5.41, 5.74) is 4.23. The van der Waals surface area contributed by atoms with Crippen LogP contribution in [0, 0.1) is 5.82 Å². The molecule has 3 aromatic rings. The van der Waals surface area contributed by atoms with E-state index in [0.29, 0.717) is 18.7 Å². The average molecular weight is 484 g/mol. The van der Waals surface area contributed by atoms with Crippen LogP contribution in [-0.4, -0.2) is 33.8 Å². The number of fused-ring (bicyclic) bond motifs is 5.